The van der Waals surface area contributed by atoms with Crippen LogP contribution < -0.4 is 0 Å². The van der Waals surface area contributed by atoms with Gasteiger partial charge in [0.1, 0.15) is 0 Å². The van der Waals surface area contributed by atoms with Gasteiger partial charge in [0.2, 0.25) is 0 Å². The lowest BCUT2D eigenvalue weighted by Crippen LogP contribution is -2.51. The molecule has 72 valence electrons. The van der Waals surface area contributed by atoms with Gasteiger partial charge in [-0.1, -0.05) is 6.92 Å². The highest BCUT2D eigenvalue weighted by atomic mass is 32.2. The molecule has 0 aromatic carbocycles. The SMILES string of the molecule is CCC1CSCC(C)N1C(C)C. The van der Waals surface area contributed by atoms with Crippen molar-refractivity contribution in [2.24, 2.45) is 0 Å². The zero-order valence-corrected chi connectivity index (χ0v) is 9.53. The number of thioether (sulfide) groups is 1. The molecular weight excluding hydrogens is 166 g/mol. The van der Waals surface area contributed by atoms with E-state index in [1.165, 1.54) is 17.9 Å². The minimum absolute atomic E-state index is 0.714. The molecule has 2 atom stereocenters. The second-order valence-electron chi connectivity index (χ2n) is 3.99. The number of hydrogen-bond acceptors (Lipinski definition) is 2. The van der Waals surface area contributed by atoms with E-state index in [1.54, 1.807) is 0 Å². The van der Waals surface area contributed by atoms with Gasteiger partial charge in [0.15, 0.2) is 0 Å². The molecule has 0 N–H and O–H groups in total. The van der Waals surface area contributed by atoms with Crippen LogP contribution in [0.25, 0.3) is 0 Å². The maximum atomic E-state index is 2.68. The molecule has 0 aromatic heterocycles. The van der Waals surface area contributed by atoms with Crippen molar-refractivity contribution in [3.05, 3.63) is 0 Å². The van der Waals surface area contributed by atoms with Crippen LogP contribution in [-0.4, -0.2) is 34.5 Å². The summed E-state index contributed by atoms with van der Waals surface area (Å²) in [5.41, 5.74) is 0. The van der Waals surface area contributed by atoms with Crippen LogP contribution in [0.5, 0.6) is 0 Å². The van der Waals surface area contributed by atoms with Crippen LogP contribution in [0.15, 0.2) is 0 Å². The third kappa shape index (κ3) is 2.17. The topological polar surface area (TPSA) is 3.24 Å². The molecule has 1 aliphatic rings. The Kier molecular flexibility index (Phi) is 3.91. The summed E-state index contributed by atoms with van der Waals surface area (Å²) in [7, 11) is 0. The molecule has 1 saturated heterocycles. The Morgan fingerprint density at radius 2 is 2.08 bits per heavy atom. The molecule has 0 radical (unpaired) electrons. The van der Waals surface area contributed by atoms with Gasteiger partial charge in [-0.3, -0.25) is 4.90 Å². The number of rotatable bonds is 2. The maximum absolute atomic E-state index is 2.68. The Morgan fingerprint density at radius 1 is 1.42 bits per heavy atom. The first-order valence-electron chi connectivity index (χ1n) is 5.02. The van der Waals surface area contributed by atoms with Crippen LogP contribution in [0.4, 0.5) is 0 Å². The zero-order valence-electron chi connectivity index (χ0n) is 8.71. The van der Waals surface area contributed by atoms with E-state index >= 15 is 0 Å². The molecule has 0 amide bonds. The summed E-state index contributed by atoms with van der Waals surface area (Å²) in [6.45, 7) is 9.29. The summed E-state index contributed by atoms with van der Waals surface area (Å²) in [6, 6.07) is 2.30. The Labute approximate surface area is 80.9 Å². The van der Waals surface area contributed by atoms with Gasteiger partial charge in [0, 0.05) is 29.6 Å². The van der Waals surface area contributed by atoms with Gasteiger partial charge in [-0.2, -0.15) is 11.8 Å². The predicted octanol–water partition coefficient (Wildman–Crippen LogP) is 2.61. The molecule has 0 aromatic rings. The zero-order chi connectivity index (χ0) is 9.14. The van der Waals surface area contributed by atoms with Crippen LogP contribution in [0, 0.1) is 0 Å². The molecule has 1 fully saturated rings. The van der Waals surface area contributed by atoms with Crippen LogP contribution in [-0.2, 0) is 0 Å². The highest BCUT2D eigenvalue weighted by Gasteiger charge is 2.28. The largest absolute Gasteiger partial charge is 0.294 e. The normalized spacial score (nSPS) is 32.8. The van der Waals surface area contributed by atoms with Crippen molar-refractivity contribution in [1.82, 2.24) is 4.90 Å². The molecule has 1 aliphatic heterocycles. The first-order chi connectivity index (χ1) is 5.66. The van der Waals surface area contributed by atoms with Gasteiger partial charge in [-0.05, 0) is 27.2 Å². The Hall–Kier alpha value is 0.310. The lowest BCUT2D eigenvalue weighted by molar-refractivity contribution is 0.119. The van der Waals surface area contributed by atoms with Crippen LogP contribution in [0.3, 0.4) is 0 Å². The summed E-state index contributed by atoms with van der Waals surface area (Å²) in [6.07, 6.45) is 1.30. The van der Waals surface area contributed by atoms with Gasteiger partial charge in [-0.25, -0.2) is 0 Å². The highest BCUT2D eigenvalue weighted by molar-refractivity contribution is 7.99. The van der Waals surface area contributed by atoms with Crippen molar-refractivity contribution >= 4 is 11.8 Å². The van der Waals surface area contributed by atoms with Gasteiger partial charge in [-0.15, -0.1) is 0 Å². The van der Waals surface area contributed by atoms with Crippen molar-refractivity contribution in [2.45, 2.75) is 52.2 Å². The fraction of sp³-hybridized carbons (Fsp3) is 1.00. The Balaban J connectivity index is 2.59. The summed E-state index contributed by atoms with van der Waals surface area (Å²) in [5, 5.41) is 0. The van der Waals surface area contributed by atoms with E-state index in [0.717, 1.165) is 12.1 Å². The van der Waals surface area contributed by atoms with Crippen LogP contribution >= 0.6 is 11.8 Å². The minimum Gasteiger partial charge on any atom is -0.294 e. The van der Waals surface area contributed by atoms with Crippen molar-refractivity contribution in [3.63, 3.8) is 0 Å². The van der Waals surface area contributed by atoms with Gasteiger partial charge >= 0.3 is 0 Å². The van der Waals surface area contributed by atoms with E-state index in [4.69, 9.17) is 0 Å². The smallest absolute Gasteiger partial charge is 0.0189 e. The molecular formula is C10H21NS. The van der Waals surface area contributed by atoms with Crippen LogP contribution in [0.2, 0.25) is 0 Å². The van der Waals surface area contributed by atoms with E-state index in [2.05, 4.69) is 44.4 Å². The van der Waals surface area contributed by atoms with E-state index in [0.29, 0.717) is 6.04 Å². The second kappa shape index (κ2) is 4.52. The minimum atomic E-state index is 0.714. The first kappa shape index (κ1) is 10.4. The molecule has 12 heavy (non-hydrogen) atoms. The second-order valence-corrected chi connectivity index (χ2v) is 5.06. The Bertz CT molecular complexity index is 136. The maximum Gasteiger partial charge on any atom is 0.0189 e. The molecule has 0 aliphatic carbocycles. The van der Waals surface area contributed by atoms with Gasteiger partial charge < -0.3 is 0 Å². The van der Waals surface area contributed by atoms with Crippen LogP contribution in [0.1, 0.15) is 34.1 Å². The third-order valence-corrected chi connectivity index (χ3v) is 4.01. The summed E-state index contributed by atoms with van der Waals surface area (Å²) in [4.78, 5) is 2.68. The lowest BCUT2D eigenvalue weighted by Gasteiger charge is -2.42. The number of hydrogen-bond donors (Lipinski definition) is 0. The lowest BCUT2D eigenvalue weighted by atomic mass is 10.1. The monoisotopic (exact) mass is 187 g/mol. The average molecular weight is 187 g/mol. The molecule has 2 heteroatoms. The molecule has 1 heterocycles. The van der Waals surface area contributed by atoms with E-state index < -0.39 is 0 Å². The highest BCUT2D eigenvalue weighted by Crippen LogP contribution is 2.25. The first-order valence-corrected chi connectivity index (χ1v) is 6.17. The fourth-order valence-corrected chi connectivity index (χ4v) is 3.50. The molecule has 1 nitrogen and oxygen atoms in total. The molecule has 0 saturated carbocycles. The van der Waals surface area contributed by atoms with Gasteiger partial charge in [0.05, 0.1) is 0 Å². The summed E-state index contributed by atoms with van der Waals surface area (Å²) < 4.78 is 0. The van der Waals surface area contributed by atoms with E-state index in [-0.39, 0.29) is 0 Å². The molecule has 0 bridgehead atoms. The standard InChI is InChI=1S/C10H21NS/c1-5-10-7-12-6-9(4)11(10)8(2)3/h8-10H,5-7H2,1-4H3. The molecule has 1 rings (SSSR count). The fourth-order valence-electron chi connectivity index (χ4n) is 2.17. The van der Waals surface area contributed by atoms with Crippen molar-refractivity contribution < 1.29 is 0 Å². The third-order valence-electron chi connectivity index (χ3n) is 2.67. The number of nitrogens with zero attached hydrogens (tertiary/aromatic N) is 1. The quantitative estimate of drug-likeness (QED) is 0.654. The van der Waals surface area contributed by atoms with E-state index in [9.17, 15) is 0 Å². The van der Waals surface area contributed by atoms with Crippen molar-refractivity contribution in [3.8, 4) is 0 Å². The van der Waals surface area contributed by atoms with Gasteiger partial charge in [0.25, 0.3) is 0 Å². The molecule has 0 spiro atoms. The van der Waals surface area contributed by atoms with Crippen molar-refractivity contribution in [1.29, 1.82) is 0 Å². The predicted molar refractivity (Wildman–Crippen MR) is 57.8 cm³/mol. The Morgan fingerprint density at radius 3 is 2.50 bits per heavy atom. The van der Waals surface area contributed by atoms with E-state index in [1.807, 2.05) is 0 Å². The average Bonchev–Trinajstić information content (AvgIpc) is 2.03. The molecule has 2 unspecified atom stereocenters. The summed E-state index contributed by atoms with van der Waals surface area (Å²) >= 11 is 2.12. The summed E-state index contributed by atoms with van der Waals surface area (Å²) in [5.74, 6) is 2.65. The van der Waals surface area contributed by atoms with Crippen molar-refractivity contribution in [2.75, 3.05) is 11.5 Å².